The van der Waals surface area contributed by atoms with E-state index in [4.69, 9.17) is 4.74 Å². The van der Waals surface area contributed by atoms with Gasteiger partial charge in [-0.2, -0.15) is 0 Å². The molecule has 0 fully saturated rings. The minimum absolute atomic E-state index is 0.463. The van der Waals surface area contributed by atoms with Crippen LogP contribution in [0.2, 0.25) is 0 Å². The van der Waals surface area contributed by atoms with E-state index in [9.17, 15) is 0 Å². The van der Waals surface area contributed by atoms with Gasteiger partial charge in [-0.25, -0.2) is 4.98 Å². The van der Waals surface area contributed by atoms with Gasteiger partial charge in [-0.3, -0.25) is 4.99 Å². The van der Waals surface area contributed by atoms with Crippen molar-refractivity contribution >= 4 is 22.1 Å². The number of methoxy groups -OCH3 is 1. The van der Waals surface area contributed by atoms with Gasteiger partial charge in [0.2, 0.25) is 0 Å². The first-order valence-corrected chi connectivity index (χ1v) is 4.86. The molecule has 0 radical (unpaired) electrons. The topological polar surface area (TPSA) is 34.5 Å². The van der Waals surface area contributed by atoms with Crippen LogP contribution < -0.4 is 0 Å². The van der Waals surface area contributed by atoms with Crippen molar-refractivity contribution in [3.8, 4) is 0 Å². The summed E-state index contributed by atoms with van der Waals surface area (Å²) in [6.07, 6.45) is 1.69. The number of halogens is 1. The van der Waals surface area contributed by atoms with Crippen molar-refractivity contribution < 1.29 is 4.74 Å². The van der Waals surface area contributed by atoms with Gasteiger partial charge >= 0.3 is 0 Å². The van der Waals surface area contributed by atoms with Crippen molar-refractivity contribution in [2.24, 2.45) is 4.99 Å². The Bertz CT molecular complexity index is 350. The minimum atomic E-state index is 0.463. The molecule has 0 saturated heterocycles. The molecule has 0 amide bonds. The Morgan fingerprint density at radius 1 is 1.71 bits per heavy atom. The first-order chi connectivity index (χ1) is 6.72. The Balaban J connectivity index is 2.56. The predicted octanol–water partition coefficient (Wildman–Crippen LogP) is 2.42. The third kappa shape index (κ3) is 3.70. The van der Waals surface area contributed by atoms with E-state index < -0.39 is 0 Å². The highest BCUT2D eigenvalue weighted by atomic mass is 79.9. The zero-order valence-electron chi connectivity index (χ0n) is 7.90. The van der Waals surface area contributed by atoms with Crippen molar-refractivity contribution in [3.05, 3.63) is 40.8 Å². The first kappa shape index (κ1) is 10.9. The molecule has 1 heterocycles. The number of aromatic nitrogens is 1. The van der Waals surface area contributed by atoms with Gasteiger partial charge in [0, 0.05) is 6.21 Å². The average molecular weight is 255 g/mol. The molecule has 0 aliphatic heterocycles. The maximum Gasteiger partial charge on any atom is 0.110 e. The van der Waals surface area contributed by atoms with Gasteiger partial charge in [0.05, 0.1) is 19.3 Å². The summed E-state index contributed by atoms with van der Waals surface area (Å²) in [5, 5.41) is 0. The Morgan fingerprint density at radius 2 is 2.50 bits per heavy atom. The van der Waals surface area contributed by atoms with Crippen molar-refractivity contribution in [2.75, 3.05) is 13.7 Å². The molecule has 14 heavy (non-hydrogen) atoms. The Hall–Kier alpha value is -1.16. The number of hydrogen-bond donors (Lipinski definition) is 0. The summed E-state index contributed by atoms with van der Waals surface area (Å²) in [4.78, 5) is 8.31. The summed E-state index contributed by atoms with van der Waals surface area (Å²) in [7, 11) is 1.58. The molecule has 0 unspecified atom stereocenters. The van der Waals surface area contributed by atoms with Crippen LogP contribution in [0.15, 0.2) is 40.1 Å². The van der Waals surface area contributed by atoms with Crippen LogP contribution in [-0.2, 0) is 4.74 Å². The molecule has 0 bridgehead atoms. The van der Waals surface area contributed by atoms with E-state index in [1.807, 2.05) is 18.2 Å². The lowest BCUT2D eigenvalue weighted by Crippen LogP contribution is -1.92. The van der Waals surface area contributed by atoms with E-state index in [2.05, 4.69) is 32.5 Å². The second kappa shape index (κ2) is 5.54. The first-order valence-electron chi connectivity index (χ1n) is 4.06. The molecular formula is C10H11BrN2O. The van der Waals surface area contributed by atoms with Crippen LogP contribution in [-0.4, -0.2) is 24.9 Å². The molecule has 0 aliphatic rings. The zero-order chi connectivity index (χ0) is 10.4. The molecule has 0 saturated carbocycles. The lowest BCUT2D eigenvalue weighted by Gasteiger charge is -1.98. The summed E-state index contributed by atoms with van der Waals surface area (Å²) in [6.45, 7) is 4.12. The van der Waals surface area contributed by atoms with E-state index >= 15 is 0 Å². The fraction of sp³-hybridized carbons (Fsp3) is 0.200. The Morgan fingerprint density at radius 3 is 3.14 bits per heavy atom. The normalized spacial score (nSPS) is 10.4. The fourth-order valence-corrected chi connectivity index (χ4v) is 1.16. The van der Waals surface area contributed by atoms with Gasteiger partial charge in [-0.15, -0.1) is 0 Å². The Labute approximate surface area is 91.7 Å². The fourth-order valence-electron chi connectivity index (χ4n) is 0.801. The number of nitrogens with zero attached hydrogens (tertiary/aromatic N) is 2. The number of aliphatic imine (C=N–C) groups is 1. The highest BCUT2D eigenvalue weighted by Crippen LogP contribution is 2.04. The smallest absolute Gasteiger partial charge is 0.110 e. The van der Waals surface area contributed by atoms with Gasteiger partial charge in [0.1, 0.15) is 10.4 Å². The molecule has 1 aromatic heterocycles. The monoisotopic (exact) mass is 254 g/mol. The molecule has 3 nitrogen and oxygen atoms in total. The quantitative estimate of drug-likeness (QED) is 0.470. The standard InChI is InChI=1S/C10H11BrN2O/c1-8(14-2)6-12-7-9-4-3-5-10(11)13-9/h3-5,7H,1,6H2,2H3. The van der Waals surface area contributed by atoms with Gasteiger partial charge in [0.15, 0.2) is 0 Å². The molecule has 0 aliphatic carbocycles. The van der Waals surface area contributed by atoms with E-state index in [1.54, 1.807) is 13.3 Å². The maximum atomic E-state index is 4.87. The van der Waals surface area contributed by atoms with Crippen molar-refractivity contribution in [2.45, 2.75) is 0 Å². The molecule has 1 aromatic rings. The van der Waals surface area contributed by atoms with Crippen LogP contribution in [0.4, 0.5) is 0 Å². The van der Waals surface area contributed by atoms with Crippen LogP contribution in [0.25, 0.3) is 0 Å². The molecule has 0 N–H and O–H groups in total. The van der Waals surface area contributed by atoms with Gasteiger partial charge in [0.25, 0.3) is 0 Å². The molecule has 1 rings (SSSR count). The average Bonchev–Trinajstić information content (AvgIpc) is 2.17. The van der Waals surface area contributed by atoms with E-state index in [0.717, 1.165) is 10.3 Å². The van der Waals surface area contributed by atoms with E-state index in [0.29, 0.717) is 12.3 Å². The highest BCUT2D eigenvalue weighted by Gasteiger charge is 1.91. The summed E-state index contributed by atoms with van der Waals surface area (Å²) in [5.74, 6) is 0.635. The Kier molecular flexibility index (Phi) is 4.32. The van der Waals surface area contributed by atoms with Crippen LogP contribution in [0.3, 0.4) is 0 Å². The number of ether oxygens (including phenoxy) is 1. The summed E-state index contributed by atoms with van der Waals surface area (Å²) in [5.41, 5.74) is 0.809. The third-order valence-corrected chi connectivity index (χ3v) is 1.96. The zero-order valence-corrected chi connectivity index (χ0v) is 9.49. The third-order valence-electron chi connectivity index (χ3n) is 1.52. The molecule has 0 spiro atoms. The van der Waals surface area contributed by atoms with Crippen molar-refractivity contribution in [1.82, 2.24) is 4.98 Å². The molecule has 0 aromatic carbocycles. The van der Waals surface area contributed by atoms with Gasteiger partial charge in [-0.1, -0.05) is 12.6 Å². The van der Waals surface area contributed by atoms with Crippen LogP contribution >= 0.6 is 15.9 Å². The van der Waals surface area contributed by atoms with Gasteiger partial charge < -0.3 is 4.74 Å². The summed E-state index contributed by atoms with van der Waals surface area (Å²) < 4.78 is 5.67. The molecule has 0 atom stereocenters. The van der Waals surface area contributed by atoms with Crippen LogP contribution in [0, 0.1) is 0 Å². The van der Waals surface area contributed by atoms with Crippen LogP contribution in [0.1, 0.15) is 5.69 Å². The summed E-state index contributed by atoms with van der Waals surface area (Å²) in [6, 6.07) is 5.65. The number of pyridine rings is 1. The van der Waals surface area contributed by atoms with E-state index in [-0.39, 0.29) is 0 Å². The second-order valence-electron chi connectivity index (χ2n) is 2.60. The van der Waals surface area contributed by atoms with Gasteiger partial charge in [-0.05, 0) is 28.1 Å². The second-order valence-corrected chi connectivity index (χ2v) is 3.41. The highest BCUT2D eigenvalue weighted by molar-refractivity contribution is 9.10. The largest absolute Gasteiger partial charge is 0.500 e. The molecule has 4 heteroatoms. The van der Waals surface area contributed by atoms with Crippen molar-refractivity contribution in [1.29, 1.82) is 0 Å². The summed E-state index contributed by atoms with van der Waals surface area (Å²) >= 11 is 3.28. The predicted molar refractivity (Wildman–Crippen MR) is 60.5 cm³/mol. The SMILES string of the molecule is C=C(CN=Cc1cccc(Br)n1)OC. The van der Waals surface area contributed by atoms with E-state index in [1.165, 1.54) is 0 Å². The molecule has 74 valence electrons. The number of rotatable bonds is 4. The minimum Gasteiger partial charge on any atom is -0.500 e. The number of hydrogen-bond acceptors (Lipinski definition) is 3. The molecular weight excluding hydrogens is 244 g/mol. The lowest BCUT2D eigenvalue weighted by molar-refractivity contribution is 0.289. The maximum absolute atomic E-state index is 4.87. The lowest BCUT2D eigenvalue weighted by atomic mass is 10.4. The van der Waals surface area contributed by atoms with Crippen molar-refractivity contribution in [3.63, 3.8) is 0 Å². The van der Waals surface area contributed by atoms with Crippen LogP contribution in [0.5, 0.6) is 0 Å².